The first-order valence-corrected chi connectivity index (χ1v) is 8.52. The summed E-state index contributed by atoms with van der Waals surface area (Å²) in [6.45, 7) is 4.73. The molecular weight excluding hydrogens is 262 g/mol. The SMILES string of the molecule is CO[C@H]1C[C@@H]2CN(C3CCC3)C[C@@H]2C[C@@H]1n1cc(C)cn1. The molecule has 116 valence electrons. The van der Waals surface area contributed by atoms with Gasteiger partial charge < -0.3 is 4.74 Å². The number of aryl methyl sites for hydroxylation is 1. The lowest BCUT2D eigenvalue weighted by atomic mass is 9.77. The fraction of sp³-hybridized carbons (Fsp3) is 0.824. The van der Waals surface area contributed by atoms with Crippen LogP contribution in [0.1, 0.15) is 43.7 Å². The molecule has 3 fully saturated rings. The van der Waals surface area contributed by atoms with Gasteiger partial charge in [-0.25, -0.2) is 0 Å². The lowest BCUT2D eigenvalue weighted by Gasteiger charge is -2.37. The van der Waals surface area contributed by atoms with E-state index in [0.29, 0.717) is 12.1 Å². The molecule has 1 aliphatic heterocycles. The van der Waals surface area contributed by atoms with Gasteiger partial charge in [0.2, 0.25) is 0 Å². The highest BCUT2D eigenvalue weighted by Gasteiger charge is 2.45. The highest BCUT2D eigenvalue weighted by atomic mass is 16.5. The van der Waals surface area contributed by atoms with Crippen molar-refractivity contribution in [3.63, 3.8) is 0 Å². The lowest BCUT2D eigenvalue weighted by molar-refractivity contribution is -0.00491. The van der Waals surface area contributed by atoms with Gasteiger partial charge in [-0.05, 0) is 50.0 Å². The first kappa shape index (κ1) is 13.8. The number of nitrogens with zero attached hydrogens (tertiary/aromatic N) is 3. The molecule has 4 atom stereocenters. The van der Waals surface area contributed by atoms with Crippen LogP contribution in [0.4, 0.5) is 0 Å². The van der Waals surface area contributed by atoms with Gasteiger partial charge in [-0.1, -0.05) is 6.42 Å². The van der Waals surface area contributed by atoms with Gasteiger partial charge in [-0.3, -0.25) is 9.58 Å². The van der Waals surface area contributed by atoms with E-state index in [9.17, 15) is 0 Å². The van der Waals surface area contributed by atoms with Gasteiger partial charge in [0.1, 0.15) is 0 Å². The van der Waals surface area contributed by atoms with Gasteiger partial charge in [0.15, 0.2) is 0 Å². The molecule has 1 saturated heterocycles. The number of hydrogen-bond donors (Lipinski definition) is 0. The van der Waals surface area contributed by atoms with Crippen molar-refractivity contribution in [2.24, 2.45) is 11.8 Å². The van der Waals surface area contributed by atoms with Crippen molar-refractivity contribution < 1.29 is 4.74 Å². The molecule has 0 bridgehead atoms. The van der Waals surface area contributed by atoms with Gasteiger partial charge in [0.05, 0.1) is 18.3 Å². The summed E-state index contributed by atoms with van der Waals surface area (Å²) in [4.78, 5) is 2.77. The zero-order chi connectivity index (χ0) is 14.4. The number of fused-ring (bicyclic) bond motifs is 1. The highest BCUT2D eigenvalue weighted by Crippen LogP contribution is 2.44. The maximum absolute atomic E-state index is 5.83. The second-order valence-corrected chi connectivity index (χ2v) is 7.37. The Kier molecular flexibility index (Phi) is 3.54. The zero-order valence-corrected chi connectivity index (χ0v) is 13.2. The van der Waals surface area contributed by atoms with E-state index in [1.165, 1.54) is 50.8 Å². The Balaban J connectivity index is 1.49. The quantitative estimate of drug-likeness (QED) is 0.857. The van der Waals surface area contributed by atoms with Crippen LogP contribution >= 0.6 is 0 Å². The lowest BCUT2D eigenvalue weighted by Crippen LogP contribution is -2.38. The minimum Gasteiger partial charge on any atom is -0.379 e. The van der Waals surface area contributed by atoms with E-state index in [1.807, 2.05) is 13.3 Å². The molecule has 0 spiro atoms. The van der Waals surface area contributed by atoms with E-state index in [2.05, 4.69) is 27.8 Å². The molecule has 4 heteroatoms. The average Bonchev–Trinajstić information content (AvgIpc) is 3.00. The van der Waals surface area contributed by atoms with Crippen LogP contribution in [-0.4, -0.2) is 47.0 Å². The largest absolute Gasteiger partial charge is 0.379 e. The minimum atomic E-state index is 0.326. The third kappa shape index (κ3) is 2.42. The topological polar surface area (TPSA) is 30.3 Å². The Hall–Kier alpha value is -0.870. The van der Waals surface area contributed by atoms with E-state index in [0.717, 1.165) is 17.9 Å². The molecular formula is C17H27N3O. The summed E-state index contributed by atoms with van der Waals surface area (Å²) in [6.07, 6.45) is 11.2. The standard InChI is InChI=1S/C17H27N3O/c1-12-8-18-20(9-12)16-6-13-10-19(15-4-3-5-15)11-14(13)7-17(16)21-2/h8-9,13-17H,3-7,10-11H2,1-2H3/t13-,14+,16-,17-/m0/s1. The van der Waals surface area contributed by atoms with E-state index in [1.54, 1.807) is 0 Å². The van der Waals surface area contributed by atoms with Crippen LogP contribution in [0, 0.1) is 18.8 Å². The number of aromatic nitrogens is 2. The van der Waals surface area contributed by atoms with E-state index in [4.69, 9.17) is 4.74 Å². The molecule has 0 amide bonds. The normalized spacial score (nSPS) is 37.4. The first-order chi connectivity index (χ1) is 10.2. The number of likely N-dealkylation sites (tertiary alicyclic amines) is 1. The van der Waals surface area contributed by atoms with Crippen LogP contribution < -0.4 is 0 Å². The van der Waals surface area contributed by atoms with Crippen LogP contribution in [0.2, 0.25) is 0 Å². The number of methoxy groups -OCH3 is 1. The molecule has 0 N–H and O–H groups in total. The molecule has 2 saturated carbocycles. The molecule has 2 heterocycles. The molecule has 0 radical (unpaired) electrons. The van der Waals surface area contributed by atoms with Crippen molar-refractivity contribution in [3.8, 4) is 0 Å². The van der Waals surface area contributed by atoms with Crippen molar-refractivity contribution >= 4 is 0 Å². The van der Waals surface area contributed by atoms with Crippen LogP contribution in [0.25, 0.3) is 0 Å². The monoisotopic (exact) mass is 289 g/mol. The summed E-state index contributed by atoms with van der Waals surface area (Å²) in [5.74, 6) is 1.68. The van der Waals surface area contributed by atoms with Crippen molar-refractivity contribution in [2.75, 3.05) is 20.2 Å². The van der Waals surface area contributed by atoms with Crippen LogP contribution in [-0.2, 0) is 4.74 Å². The Morgan fingerprint density at radius 2 is 1.95 bits per heavy atom. The Bertz CT molecular complexity index is 496. The summed E-state index contributed by atoms with van der Waals surface area (Å²) in [5, 5.41) is 4.56. The Morgan fingerprint density at radius 1 is 1.19 bits per heavy atom. The summed E-state index contributed by atoms with van der Waals surface area (Å²) < 4.78 is 7.99. The molecule has 4 rings (SSSR count). The summed E-state index contributed by atoms with van der Waals surface area (Å²) >= 11 is 0. The van der Waals surface area contributed by atoms with Crippen LogP contribution in [0.15, 0.2) is 12.4 Å². The number of rotatable bonds is 3. The van der Waals surface area contributed by atoms with Crippen molar-refractivity contribution in [3.05, 3.63) is 18.0 Å². The van der Waals surface area contributed by atoms with Gasteiger partial charge in [0.25, 0.3) is 0 Å². The van der Waals surface area contributed by atoms with Crippen molar-refractivity contribution in [1.82, 2.24) is 14.7 Å². The molecule has 0 aromatic carbocycles. The summed E-state index contributed by atoms with van der Waals surface area (Å²) in [7, 11) is 1.87. The number of ether oxygens (including phenoxy) is 1. The fourth-order valence-electron chi connectivity index (χ4n) is 4.62. The smallest absolute Gasteiger partial charge is 0.0798 e. The van der Waals surface area contributed by atoms with Gasteiger partial charge in [-0.15, -0.1) is 0 Å². The van der Waals surface area contributed by atoms with Gasteiger partial charge in [0, 0.05) is 32.4 Å². The summed E-state index contributed by atoms with van der Waals surface area (Å²) in [5.41, 5.74) is 1.24. The molecule has 4 nitrogen and oxygen atoms in total. The van der Waals surface area contributed by atoms with Crippen LogP contribution in [0.3, 0.4) is 0 Å². The first-order valence-electron chi connectivity index (χ1n) is 8.52. The van der Waals surface area contributed by atoms with Crippen LogP contribution in [0.5, 0.6) is 0 Å². The summed E-state index contributed by atoms with van der Waals surface area (Å²) in [6, 6.07) is 1.31. The Labute approximate surface area is 127 Å². The third-order valence-electron chi connectivity index (χ3n) is 6.08. The molecule has 2 aliphatic carbocycles. The predicted octanol–water partition coefficient (Wildman–Crippen LogP) is 2.64. The molecule has 1 aromatic heterocycles. The van der Waals surface area contributed by atoms with Gasteiger partial charge >= 0.3 is 0 Å². The third-order valence-corrected chi connectivity index (χ3v) is 6.08. The minimum absolute atomic E-state index is 0.326. The van der Waals surface area contributed by atoms with Crippen molar-refractivity contribution in [1.29, 1.82) is 0 Å². The fourth-order valence-corrected chi connectivity index (χ4v) is 4.62. The highest BCUT2D eigenvalue weighted by molar-refractivity contribution is 5.04. The van der Waals surface area contributed by atoms with E-state index < -0.39 is 0 Å². The van der Waals surface area contributed by atoms with Crippen molar-refractivity contribution in [2.45, 2.75) is 57.2 Å². The maximum atomic E-state index is 5.83. The molecule has 21 heavy (non-hydrogen) atoms. The van der Waals surface area contributed by atoms with Gasteiger partial charge in [-0.2, -0.15) is 5.10 Å². The second-order valence-electron chi connectivity index (χ2n) is 7.37. The molecule has 0 unspecified atom stereocenters. The average molecular weight is 289 g/mol. The molecule has 1 aromatic rings. The van der Waals surface area contributed by atoms with E-state index >= 15 is 0 Å². The second kappa shape index (κ2) is 5.40. The molecule has 3 aliphatic rings. The Morgan fingerprint density at radius 3 is 2.52 bits per heavy atom. The maximum Gasteiger partial charge on any atom is 0.0798 e. The number of hydrogen-bond acceptors (Lipinski definition) is 3. The van der Waals surface area contributed by atoms with E-state index in [-0.39, 0.29) is 0 Å². The zero-order valence-electron chi connectivity index (χ0n) is 13.2. The predicted molar refractivity (Wildman–Crippen MR) is 82.2 cm³/mol.